The number of para-hydroxylation sites is 2. The van der Waals surface area contributed by atoms with Crippen molar-refractivity contribution in [3.8, 4) is 0 Å². The van der Waals surface area contributed by atoms with E-state index < -0.39 is 103 Å². The number of benzene rings is 2. The van der Waals surface area contributed by atoms with Gasteiger partial charge in [-0.05, 0) is 84.7 Å². The second kappa shape index (κ2) is 25.1. The molecule has 0 saturated heterocycles. The lowest BCUT2D eigenvalue weighted by molar-refractivity contribution is -0.388. The van der Waals surface area contributed by atoms with E-state index in [9.17, 15) is 61.3 Å². The van der Waals surface area contributed by atoms with Crippen LogP contribution in [0.15, 0.2) is 71.0 Å². The SMILES string of the molecule is C=CCCN(CC[C@H](CC(=O)OC(C)(C)C)C(=O)O)S(=O)(=O)c1ccccc1[N+](=O)[O-].CC(C)(C)OC(=O)C[C@@H](CCNCl)C(=O)O.O=[N+]([O-])c1ccccc1S(=O)(=O)Cl. The minimum Gasteiger partial charge on any atom is -0.481 e. The van der Waals surface area contributed by atoms with Gasteiger partial charge >= 0.3 is 23.9 Å². The molecule has 0 aliphatic heterocycles. The predicted octanol–water partition coefficient (Wildman–Crippen LogP) is 6.06. The highest BCUT2D eigenvalue weighted by Crippen LogP contribution is 2.28. The van der Waals surface area contributed by atoms with Gasteiger partial charge in [-0.15, -0.1) is 6.58 Å². The summed E-state index contributed by atoms with van der Waals surface area (Å²) in [6.45, 7) is 13.7. The lowest BCUT2D eigenvalue weighted by Crippen LogP contribution is -2.35. The Morgan fingerprint density at radius 1 is 0.783 bits per heavy atom. The van der Waals surface area contributed by atoms with Crippen LogP contribution in [0.5, 0.6) is 0 Å². The van der Waals surface area contributed by atoms with Crippen LogP contribution in [0.2, 0.25) is 0 Å². The smallest absolute Gasteiger partial charge is 0.307 e. The van der Waals surface area contributed by atoms with Crippen molar-refractivity contribution in [1.29, 1.82) is 0 Å². The van der Waals surface area contributed by atoms with E-state index in [4.69, 9.17) is 37.0 Å². The molecule has 0 amide bonds. The van der Waals surface area contributed by atoms with Crippen molar-refractivity contribution in [2.45, 2.75) is 94.6 Å². The van der Waals surface area contributed by atoms with Gasteiger partial charge in [-0.3, -0.25) is 39.4 Å². The quantitative estimate of drug-likeness (QED) is 0.0339. The van der Waals surface area contributed by atoms with Gasteiger partial charge in [0, 0.05) is 42.4 Å². The zero-order chi connectivity index (χ0) is 46.6. The fourth-order valence-electron chi connectivity index (χ4n) is 4.69. The van der Waals surface area contributed by atoms with E-state index in [0.717, 1.165) is 28.6 Å². The summed E-state index contributed by atoms with van der Waals surface area (Å²) >= 11 is 5.23. The lowest BCUT2D eigenvalue weighted by Gasteiger charge is -2.24. The number of rotatable bonds is 20. The van der Waals surface area contributed by atoms with Gasteiger partial charge in [0.25, 0.3) is 20.4 Å². The van der Waals surface area contributed by atoms with Crippen molar-refractivity contribution in [2.75, 3.05) is 19.6 Å². The molecule has 0 radical (unpaired) electrons. The van der Waals surface area contributed by atoms with Gasteiger partial charge < -0.3 is 19.7 Å². The molecule has 2 rings (SSSR count). The zero-order valence-corrected chi connectivity index (χ0v) is 36.9. The maximum atomic E-state index is 13.1. The van der Waals surface area contributed by atoms with Crippen LogP contribution in [-0.2, 0) is 47.7 Å². The molecule has 336 valence electrons. The Bertz CT molecular complexity index is 2040. The molecule has 24 heteroatoms. The number of nitro groups is 2. The van der Waals surface area contributed by atoms with Gasteiger partial charge in [-0.1, -0.05) is 30.3 Å². The van der Waals surface area contributed by atoms with Crippen molar-refractivity contribution >= 4 is 76.8 Å². The predicted molar refractivity (Wildman–Crippen MR) is 219 cm³/mol. The highest BCUT2D eigenvalue weighted by Gasteiger charge is 2.33. The molecule has 0 bridgehead atoms. The number of esters is 2. The Morgan fingerprint density at radius 2 is 1.18 bits per heavy atom. The van der Waals surface area contributed by atoms with Crippen LogP contribution in [0, 0.1) is 32.1 Å². The third-order valence-electron chi connectivity index (χ3n) is 7.27. The first-order valence-corrected chi connectivity index (χ1v) is 21.9. The largest absolute Gasteiger partial charge is 0.481 e. The van der Waals surface area contributed by atoms with Crippen molar-refractivity contribution in [1.82, 2.24) is 9.14 Å². The molecular formula is C36H50Cl2N4O16S2. The second-order valence-electron chi connectivity index (χ2n) is 14.5. The van der Waals surface area contributed by atoms with Gasteiger partial charge in [0.2, 0.25) is 10.0 Å². The first-order chi connectivity index (χ1) is 27.5. The van der Waals surface area contributed by atoms with Crippen molar-refractivity contribution in [3.05, 3.63) is 81.4 Å². The average Bonchev–Trinajstić information content (AvgIpc) is 3.11. The number of nitrogens with one attached hydrogen (secondary N) is 1. The molecule has 0 unspecified atom stereocenters. The summed E-state index contributed by atoms with van der Waals surface area (Å²) in [4.78, 5) is 67.3. The Labute approximate surface area is 357 Å². The third-order valence-corrected chi connectivity index (χ3v) is 10.8. The van der Waals surface area contributed by atoms with E-state index in [-0.39, 0.29) is 38.8 Å². The number of sulfonamides is 1. The summed E-state index contributed by atoms with van der Waals surface area (Å²) < 4.78 is 59.0. The number of hydrogen-bond acceptors (Lipinski definition) is 15. The van der Waals surface area contributed by atoms with Crippen LogP contribution < -0.4 is 4.84 Å². The molecule has 2 aromatic rings. The summed E-state index contributed by atoms with van der Waals surface area (Å²) in [7, 11) is -3.37. The number of halogens is 2. The Hall–Kier alpha value is -4.74. The second-order valence-corrected chi connectivity index (χ2v) is 19.2. The highest BCUT2D eigenvalue weighted by molar-refractivity contribution is 8.13. The molecule has 0 saturated carbocycles. The number of carboxylic acid groups (broad SMARTS) is 2. The molecule has 0 heterocycles. The fraction of sp³-hybridized carbons (Fsp3) is 0.500. The normalized spacial score (nSPS) is 12.6. The van der Waals surface area contributed by atoms with Gasteiger partial charge in [0.05, 0.1) is 34.5 Å². The molecule has 2 atom stereocenters. The molecule has 3 N–H and O–H groups in total. The van der Waals surface area contributed by atoms with Crippen LogP contribution >= 0.6 is 22.5 Å². The maximum Gasteiger partial charge on any atom is 0.307 e. The summed E-state index contributed by atoms with van der Waals surface area (Å²) in [5.74, 6) is -5.44. The van der Waals surface area contributed by atoms with E-state index in [1.807, 2.05) is 0 Å². The Morgan fingerprint density at radius 3 is 1.53 bits per heavy atom. The maximum absolute atomic E-state index is 13.1. The van der Waals surface area contributed by atoms with E-state index >= 15 is 0 Å². The van der Waals surface area contributed by atoms with Crippen LogP contribution in [0.1, 0.15) is 73.6 Å². The summed E-state index contributed by atoms with van der Waals surface area (Å²) in [6, 6.07) is 9.83. The number of ether oxygens (including phenoxy) is 2. The average molecular weight is 930 g/mol. The van der Waals surface area contributed by atoms with Crippen LogP contribution in [0.3, 0.4) is 0 Å². The first kappa shape index (κ1) is 55.3. The number of carbonyl (C=O) groups is 4. The number of nitrogens with zero attached hydrogens (tertiary/aromatic N) is 3. The fourth-order valence-corrected chi connectivity index (χ4v) is 7.45. The van der Waals surface area contributed by atoms with Crippen molar-refractivity contribution in [2.24, 2.45) is 11.8 Å². The standard InChI is InChI=1S/C20H28N2O8S.C10H18ClNO4.C6H4ClNO4S/c1-5-6-12-21(31(28,29)17-10-8-7-9-16(17)22(26)27)13-11-15(19(24)25)14-18(23)30-20(2,3)4;1-10(2,3)16-8(13)6-7(9(14)15)4-5-12-11;7-13(11,12)6-4-2-1-3-5(6)8(9)10/h5,7-10,15H,1,6,11-14H2,2-4H3,(H,24,25);7,12H,4-6H2,1-3H3,(H,14,15);1-4H/t15-;7-;/m11./s1. The van der Waals surface area contributed by atoms with Gasteiger partial charge in [-0.2, -0.15) is 4.31 Å². The van der Waals surface area contributed by atoms with E-state index in [1.165, 1.54) is 30.3 Å². The third kappa shape index (κ3) is 21.5. The molecular weight excluding hydrogens is 879 g/mol. The lowest BCUT2D eigenvalue weighted by atomic mass is 10.0. The van der Waals surface area contributed by atoms with E-state index in [2.05, 4.69) is 11.4 Å². The molecule has 0 aliphatic carbocycles. The Balaban J connectivity index is 0.000000995. The van der Waals surface area contributed by atoms with Gasteiger partial charge in [0.1, 0.15) is 11.2 Å². The van der Waals surface area contributed by atoms with Crippen molar-refractivity contribution < 1.29 is 65.5 Å². The van der Waals surface area contributed by atoms with E-state index in [1.54, 1.807) is 41.5 Å². The van der Waals surface area contributed by atoms with Gasteiger partial charge in [-0.25, -0.2) is 21.7 Å². The molecule has 20 nitrogen and oxygen atoms in total. The number of nitro benzene ring substituents is 2. The molecule has 60 heavy (non-hydrogen) atoms. The van der Waals surface area contributed by atoms with Gasteiger partial charge in [0.15, 0.2) is 9.79 Å². The van der Waals surface area contributed by atoms with Crippen LogP contribution in [0.25, 0.3) is 0 Å². The molecule has 0 spiro atoms. The first-order valence-electron chi connectivity index (χ1n) is 17.7. The molecule has 0 aromatic heterocycles. The molecule has 0 aliphatic rings. The van der Waals surface area contributed by atoms with Crippen LogP contribution in [0.4, 0.5) is 11.4 Å². The topological polar surface area (TPSA) is 297 Å². The van der Waals surface area contributed by atoms with E-state index in [0.29, 0.717) is 6.54 Å². The number of hydrogen-bond donors (Lipinski definition) is 3. The molecule has 0 fully saturated rings. The summed E-state index contributed by atoms with van der Waals surface area (Å²) in [6.07, 6.45) is 1.29. The molecule has 2 aromatic carbocycles. The number of carboxylic acids is 2. The van der Waals surface area contributed by atoms with Crippen LogP contribution in [-0.4, -0.2) is 95.9 Å². The monoisotopic (exact) mass is 928 g/mol. The number of carbonyl (C=O) groups excluding carboxylic acids is 2. The number of aliphatic carboxylic acids is 2. The zero-order valence-electron chi connectivity index (χ0n) is 33.7. The highest BCUT2D eigenvalue weighted by atomic mass is 35.7. The minimum atomic E-state index is -4.29. The Kier molecular flexibility index (Phi) is 23.1. The minimum absolute atomic E-state index is 0.0450. The summed E-state index contributed by atoms with van der Waals surface area (Å²) in [5.41, 5.74) is -2.47. The van der Waals surface area contributed by atoms with Crippen molar-refractivity contribution in [3.63, 3.8) is 0 Å². The summed E-state index contributed by atoms with van der Waals surface area (Å²) in [5, 5.41) is 40.0.